The molecule has 0 fully saturated rings. The van der Waals surface area contributed by atoms with E-state index < -0.39 is 6.10 Å². The summed E-state index contributed by atoms with van der Waals surface area (Å²) < 4.78 is 4.80. The lowest BCUT2D eigenvalue weighted by atomic mass is 10.2. The van der Waals surface area contributed by atoms with Gasteiger partial charge in [-0.3, -0.25) is 4.79 Å². The maximum atomic E-state index is 11.1. The molecule has 1 aromatic heterocycles. The molecule has 0 saturated heterocycles. The van der Waals surface area contributed by atoms with Crippen LogP contribution in [0.15, 0.2) is 23.4 Å². The topological polar surface area (TPSA) is 59.4 Å². The lowest BCUT2D eigenvalue weighted by molar-refractivity contribution is -0.139. The highest BCUT2D eigenvalue weighted by Gasteiger charge is 2.05. The van der Waals surface area contributed by atoms with Crippen LogP contribution in [0.4, 0.5) is 0 Å². The maximum absolute atomic E-state index is 11.1. The third-order valence-corrected chi connectivity index (χ3v) is 2.80. The van der Waals surface area contributed by atoms with Crippen LogP contribution in [0.25, 0.3) is 0 Å². The molecule has 0 spiro atoms. The van der Waals surface area contributed by atoms with Gasteiger partial charge in [0.1, 0.15) is 0 Å². The Balaban J connectivity index is 2.46. The molecule has 1 heterocycles. The molecule has 88 valence electrons. The Labute approximate surface area is 99.0 Å². The second kappa shape index (κ2) is 6.50. The van der Waals surface area contributed by atoms with Gasteiger partial charge < -0.3 is 9.84 Å². The number of thioether (sulfide) groups is 1. The number of ether oxygens (including phenoxy) is 1. The van der Waals surface area contributed by atoms with Crippen molar-refractivity contribution in [2.24, 2.45) is 0 Å². The zero-order valence-electron chi connectivity index (χ0n) is 9.34. The second-order valence-electron chi connectivity index (χ2n) is 3.20. The summed E-state index contributed by atoms with van der Waals surface area (Å²) in [5.41, 5.74) is 0.764. The number of nitrogens with zero attached hydrogens (tertiary/aromatic N) is 1. The zero-order chi connectivity index (χ0) is 12.0. The first kappa shape index (κ1) is 13.0. The Hall–Kier alpha value is -1.07. The van der Waals surface area contributed by atoms with Crippen LogP contribution in [-0.2, 0) is 9.53 Å². The number of hydrogen-bond donors (Lipinski definition) is 1. The molecule has 0 aliphatic rings. The lowest BCUT2D eigenvalue weighted by Crippen LogP contribution is -2.06. The van der Waals surface area contributed by atoms with Crippen LogP contribution in [0.2, 0.25) is 0 Å². The highest BCUT2D eigenvalue weighted by Crippen LogP contribution is 2.18. The summed E-state index contributed by atoms with van der Waals surface area (Å²) in [4.78, 5) is 15.2. The quantitative estimate of drug-likeness (QED) is 0.629. The number of carbonyl (C=O) groups is 1. The molecule has 16 heavy (non-hydrogen) atoms. The van der Waals surface area contributed by atoms with Gasteiger partial charge in [-0.05, 0) is 25.5 Å². The van der Waals surface area contributed by atoms with E-state index in [1.807, 2.05) is 0 Å². The van der Waals surface area contributed by atoms with Crippen molar-refractivity contribution in [3.05, 3.63) is 23.9 Å². The van der Waals surface area contributed by atoms with Gasteiger partial charge in [-0.1, -0.05) is 17.8 Å². The molecule has 0 aromatic carbocycles. The molecule has 0 aliphatic carbocycles. The van der Waals surface area contributed by atoms with Gasteiger partial charge in [0.15, 0.2) is 0 Å². The highest BCUT2D eigenvalue weighted by atomic mass is 32.2. The van der Waals surface area contributed by atoms with Crippen molar-refractivity contribution in [3.8, 4) is 0 Å². The Morgan fingerprint density at radius 3 is 2.88 bits per heavy atom. The third-order valence-electron chi connectivity index (χ3n) is 1.88. The summed E-state index contributed by atoms with van der Waals surface area (Å²) in [7, 11) is 0. The number of rotatable bonds is 5. The maximum Gasteiger partial charge on any atom is 0.316 e. The molecule has 0 amide bonds. The van der Waals surface area contributed by atoms with Crippen molar-refractivity contribution < 1.29 is 14.6 Å². The summed E-state index contributed by atoms with van der Waals surface area (Å²) in [6.45, 7) is 3.86. The predicted molar refractivity (Wildman–Crippen MR) is 62.2 cm³/mol. The fourth-order valence-corrected chi connectivity index (χ4v) is 1.70. The summed E-state index contributed by atoms with van der Waals surface area (Å²) >= 11 is 1.32. The number of aliphatic hydroxyl groups excluding tert-OH is 1. The van der Waals surface area contributed by atoms with Crippen LogP contribution < -0.4 is 0 Å². The van der Waals surface area contributed by atoms with Crippen molar-refractivity contribution in [2.75, 3.05) is 12.4 Å². The summed E-state index contributed by atoms with van der Waals surface area (Å²) in [6.07, 6.45) is 1.09. The Kier molecular flexibility index (Phi) is 5.28. The molecule has 0 aliphatic heterocycles. The monoisotopic (exact) mass is 241 g/mol. The van der Waals surface area contributed by atoms with E-state index in [0.29, 0.717) is 6.61 Å². The minimum atomic E-state index is -0.517. The standard InChI is InChI=1S/C11H15NO3S/c1-3-15-11(14)7-16-10-5-4-9(6-12-10)8(2)13/h4-6,8,13H,3,7H2,1-2H3/t8-/m1/s1. The normalized spacial score (nSPS) is 12.2. The van der Waals surface area contributed by atoms with E-state index in [1.54, 1.807) is 32.2 Å². The van der Waals surface area contributed by atoms with Crippen molar-refractivity contribution in [1.29, 1.82) is 0 Å². The Bertz CT molecular complexity index is 338. The molecule has 0 unspecified atom stereocenters. The number of aliphatic hydroxyl groups is 1. The summed E-state index contributed by atoms with van der Waals surface area (Å²) in [5.74, 6) is 0.0170. The molecule has 1 rings (SSSR count). The SMILES string of the molecule is CCOC(=O)CSc1ccc([C@@H](C)O)cn1. The highest BCUT2D eigenvalue weighted by molar-refractivity contribution is 7.99. The van der Waals surface area contributed by atoms with Crippen LogP contribution >= 0.6 is 11.8 Å². The van der Waals surface area contributed by atoms with Gasteiger partial charge in [0.05, 0.1) is 23.5 Å². The van der Waals surface area contributed by atoms with Gasteiger partial charge in [-0.25, -0.2) is 4.98 Å². The summed E-state index contributed by atoms with van der Waals surface area (Å²) in [5, 5.41) is 10.0. The number of esters is 1. The molecular weight excluding hydrogens is 226 g/mol. The molecule has 1 aromatic rings. The predicted octanol–water partition coefficient (Wildman–Crippen LogP) is 1.79. The first-order valence-electron chi connectivity index (χ1n) is 5.06. The molecule has 1 atom stereocenters. The van der Waals surface area contributed by atoms with Crippen LogP contribution in [-0.4, -0.2) is 28.4 Å². The molecule has 0 bridgehead atoms. The van der Waals surface area contributed by atoms with E-state index in [0.717, 1.165) is 10.6 Å². The average Bonchev–Trinajstić information content (AvgIpc) is 2.27. The van der Waals surface area contributed by atoms with E-state index in [4.69, 9.17) is 4.74 Å². The minimum Gasteiger partial charge on any atom is -0.465 e. The molecule has 4 nitrogen and oxygen atoms in total. The zero-order valence-corrected chi connectivity index (χ0v) is 10.2. The number of hydrogen-bond acceptors (Lipinski definition) is 5. The smallest absolute Gasteiger partial charge is 0.316 e. The largest absolute Gasteiger partial charge is 0.465 e. The van der Waals surface area contributed by atoms with Gasteiger partial charge in [0, 0.05) is 6.20 Å². The van der Waals surface area contributed by atoms with Gasteiger partial charge >= 0.3 is 5.97 Å². The number of pyridine rings is 1. The van der Waals surface area contributed by atoms with Crippen molar-refractivity contribution in [1.82, 2.24) is 4.98 Å². The molecule has 5 heteroatoms. The van der Waals surface area contributed by atoms with E-state index >= 15 is 0 Å². The average molecular weight is 241 g/mol. The van der Waals surface area contributed by atoms with Crippen molar-refractivity contribution in [3.63, 3.8) is 0 Å². The first-order valence-corrected chi connectivity index (χ1v) is 6.04. The van der Waals surface area contributed by atoms with Crippen LogP contribution in [0.5, 0.6) is 0 Å². The second-order valence-corrected chi connectivity index (χ2v) is 4.20. The lowest BCUT2D eigenvalue weighted by Gasteiger charge is -2.05. The van der Waals surface area contributed by atoms with Gasteiger partial charge in [0.2, 0.25) is 0 Å². The van der Waals surface area contributed by atoms with Gasteiger partial charge in [0.25, 0.3) is 0 Å². The van der Waals surface area contributed by atoms with Crippen LogP contribution in [0, 0.1) is 0 Å². The first-order chi connectivity index (χ1) is 7.63. The number of aromatic nitrogens is 1. The van der Waals surface area contributed by atoms with E-state index in [1.165, 1.54) is 11.8 Å². The van der Waals surface area contributed by atoms with E-state index in [-0.39, 0.29) is 11.7 Å². The van der Waals surface area contributed by atoms with E-state index in [2.05, 4.69) is 4.98 Å². The van der Waals surface area contributed by atoms with Crippen LogP contribution in [0.1, 0.15) is 25.5 Å². The molecule has 1 N–H and O–H groups in total. The number of carbonyl (C=O) groups excluding carboxylic acids is 1. The van der Waals surface area contributed by atoms with Crippen molar-refractivity contribution in [2.45, 2.75) is 25.0 Å². The molecular formula is C11H15NO3S. The fourth-order valence-electron chi connectivity index (χ4n) is 1.06. The van der Waals surface area contributed by atoms with Crippen LogP contribution in [0.3, 0.4) is 0 Å². The summed E-state index contributed by atoms with van der Waals surface area (Å²) in [6, 6.07) is 3.58. The van der Waals surface area contributed by atoms with E-state index in [9.17, 15) is 9.90 Å². The third kappa shape index (κ3) is 4.20. The fraction of sp³-hybridized carbons (Fsp3) is 0.455. The molecule has 0 saturated carbocycles. The van der Waals surface area contributed by atoms with Crippen molar-refractivity contribution >= 4 is 17.7 Å². The molecule has 0 radical (unpaired) electrons. The minimum absolute atomic E-state index is 0.242. The Morgan fingerprint density at radius 2 is 2.38 bits per heavy atom. The van der Waals surface area contributed by atoms with Gasteiger partial charge in [-0.15, -0.1) is 0 Å². The van der Waals surface area contributed by atoms with Gasteiger partial charge in [-0.2, -0.15) is 0 Å². The Morgan fingerprint density at radius 1 is 1.62 bits per heavy atom.